The lowest BCUT2D eigenvalue weighted by atomic mass is 9.97. The third-order valence-corrected chi connectivity index (χ3v) is 4.40. The van der Waals surface area contributed by atoms with Crippen molar-refractivity contribution in [3.8, 4) is 0 Å². The Kier molecular flexibility index (Phi) is 5.87. The largest absolute Gasteiger partial charge is 0.378 e. The van der Waals surface area contributed by atoms with Crippen LogP contribution < -0.4 is 0 Å². The third kappa shape index (κ3) is 5.01. The normalized spacial score (nSPS) is 31.4. The van der Waals surface area contributed by atoms with E-state index >= 15 is 0 Å². The van der Waals surface area contributed by atoms with Crippen LogP contribution in [-0.2, 0) is 4.74 Å². The van der Waals surface area contributed by atoms with E-state index in [1.165, 1.54) is 44.9 Å². The van der Waals surface area contributed by atoms with Gasteiger partial charge in [0.1, 0.15) is 0 Å². The molecule has 0 spiro atoms. The molecule has 0 aromatic heterocycles. The number of alkyl halides is 1. The highest BCUT2D eigenvalue weighted by Crippen LogP contribution is 2.26. The minimum Gasteiger partial charge on any atom is -0.378 e. The van der Waals surface area contributed by atoms with E-state index in [-0.39, 0.29) is 0 Å². The van der Waals surface area contributed by atoms with Crippen LogP contribution >= 0.6 is 11.6 Å². The summed E-state index contributed by atoms with van der Waals surface area (Å²) < 4.78 is 5.88. The molecule has 0 N–H and O–H groups in total. The van der Waals surface area contributed by atoms with Crippen LogP contribution in [0, 0.1) is 5.92 Å². The Morgan fingerprint density at radius 2 is 1.88 bits per heavy atom. The fraction of sp³-hybridized carbons (Fsp3) is 0.867. The second-order valence-corrected chi connectivity index (χ2v) is 6.14. The lowest BCUT2D eigenvalue weighted by molar-refractivity contribution is 0.0323. The van der Waals surface area contributed by atoms with Crippen LogP contribution in [-0.4, -0.2) is 18.1 Å². The molecule has 2 heteroatoms. The third-order valence-electron chi connectivity index (χ3n) is 4.01. The molecule has 98 valence electrons. The molecule has 2 atom stereocenters. The molecule has 0 aliphatic heterocycles. The van der Waals surface area contributed by atoms with E-state index in [1.807, 2.05) is 0 Å². The molecule has 1 nitrogen and oxygen atoms in total. The summed E-state index contributed by atoms with van der Waals surface area (Å²) in [5, 5.41) is 0.350. The predicted molar refractivity (Wildman–Crippen MR) is 73.6 cm³/mol. The van der Waals surface area contributed by atoms with Crippen LogP contribution in [0.3, 0.4) is 0 Å². The second kappa shape index (κ2) is 7.43. The molecule has 0 heterocycles. The van der Waals surface area contributed by atoms with E-state index in [4.69, 9.17) is 16.3 Å². The van der Waals surface area contributed by atoms with Crippen LogP contribution in [0.2, 0.25) is 0 Å². The molecule has 0 saturated heterocycles. The molecule has 2 rings (SSSR count). The maximum absolute atomic E-state index is 6.14. The van der Waals surface area contributed by atoms with Crippen LogP contribution in [0.25, 0.3) is 0 Å². The highest BCUT2D eigenvalue weighted by Gasteiger charge is 2.20. The lowest BCUT2D eigenvalue weighted by Gasteiger charge is -2.25. The summed E-state index contributed by atoms with van der Waals surface area (Å²) in [7, 11) is 0. The number of halogens is 1. The highest BCUT2D eigenvalue weighted by molar-refractivity contribution is 6.20. The SMILES string of the molecule is ClC1CCCC(OCC/C=C/C2CCCC2)C1. The van der Waals surface area contributed by atoms with Gasteiger partial charge in [0, 0.05) is 5.38 Å². The van der Waals surface area contributed by atoms with Crippen LogP contribution in [0.1, 0.15) is 57.8 Å². The van der Waals surface area contributed by atoms with E-state index in [1.54, 1.807) is 0 Å². The Hall–Kier alpha value is -0.0100. The Labute approximate surface area is 111 Å². The number of hydrogen-bond acceptors (Lipinski definition) is 1. The summed E-state index contributed by atoms with van der Waals surface area (Å²) in [5.41, 5.74) is 0. The van der Waals surface area contributed by atoms with Crippen molar-refractivity contribution in [1.82, 2.24) is 0 Å². The monoisotopic (exact) mass is 256 g/mol. The molecular weight excluding hydrogens is 232 g/mol. The van der Waals surface area contributed by atoms with Gasteiger partial charge in [0.15, 0.2) is 0 Å². The summed E-state index contributed by atoms with van der Waals surface area (Å²) in [4.78, 5) is 0. The Balaban J connectivity index is 1.53. The molecule has 0 aromatic rings. The molecule has 0 radical (unpaired) electrons. The number of rotatable bonds is 5. The van der Waals surface area contributed by atoms with Crippen molar-refractivity contribution < 1.29 is 4.74 Å². The van der Waals surface area contributed by atoms with E-state index in [2.05, 4.69) is 12.2 Å². The first-order chi connectivity index (χ1) is 8.34. The fourth-order valence-corrected chi connectivity index (χ4v) is 3.33. The summed E-state index contributed by atoms with van der Waals surface area (Å²) in [5.74, 6) is 0.858. The van der Waals surface area contributed by atoms with Gasteiger partial charge < -0.3 is 4.74 Å². The van der Waals surface area contributed by atoms with Crippen LogP contribution in [0.4, 0.5) is 0 Å². The first kappa shape index (κ1) is 13.4. The number of allylic oxidation sites excluding steroid dienone is 1. The molecule has 0 bridgehead atoms. The van der Waals surface area contributed by atoms with Gasteiger partial charge in [-0.2, -0.15) is 0 Å². The van der Waals surface area contributed by atoms with Crippen molar-refractivity contribution in [2.75, 3.05) is 6.61 Å². The van der Waals surface area contributed by atoms with Gasteiger partial charge in [-0.05, 0) is 50.9 Å². The zero-order valence-electron chi connectivity index (χ0n) is 10.7. The number of hydrogen-bond donors (Lipinski definition) is 0. The zero-order chi connectivity index (χ0) is 11.9. The van der Waals surface area contributed by atoms with Crippen molar-refractivity contribution in [3.63, 3.8) is 0 Å². The predicted octanol–water partition coefficient (Wildman–Crippen LogP) is 4.69. The molecule has 2 unspecified atom stereocenters. The van der Waals surface area contributed by atoms with Crippen molar-refractivity contribution in [1.29, 1.82) is 0 Å². The standard InChI is InChI=1S/C15H25ClO/c16-14-9-5-10-15(12-14)17-11-4-3-8-13-6-1-2-7-13/h3,8,13-15H,1-2,4-7,9-12H2/b8-3+. The number of ether oxygens (including phenoxy) is 1. The average molecular weight is 257 g/mol. The smallest absolute Gasteiger partial charge is 0.0589 e. The molecule has 2 saturated carbocycles. The van der Waals surface area contributed by atoms with Gasteiger partial charge in [-0.1, -0.05) is 25.0 Å². The van der Waals surface area contributed by atoms with Gasteiger partial charge >= 0.3 is 0 Å². The van der Waals surface area contributed by atoms with Gasteiger partial charge in [0.25, 0.3) is 0 Å². The average Bonchev–Trinajstić information content (AvgIpc) is 2.82. The lowest BCUT2D eigenvalue weighted by Crippen LogP contribution is -2.23. The zero-order valence-corrected chi connectivity index (χ0v) is 11.5. The van der Waals surface area contributed by atoms with Gasteiger partial charge in [-0.15, -0.1) is 11.6 Å². The van der Waals surface area contributed by atoms with Crippen LogP contribution in [0.5, 0.6) is 0 Å². The topological polar surface area (TPSA) is 9.23 Å². The molecule has 0 aromatic carbocycles. The van der Waals surface area contributed by atoms with Gasteiger partial charge in [-0.25, -0.2) is 0 Å². The Morgan fingerprint density at radius 3 is 2.65 bits per heavy atom. The quantitative estimate of drug-likeness (QED) is 0.394. The maximum Gasteiger partial charge on any atom is 0.0589 e. The Bertz CT molecular complexity index is 233. The van der Waals surface area contributed by atoms with E-state index in [0.29, 0.717) is 11.5 Å². The molecule has 2 aliphatic rings. The van der Waals surface area contributed by atoms with E-state index < -0.39 is 0 Å². The molecule has 2 aliphatic carbocycles. The van der Waals surface area contributed by atoms with Crippen molar-refractivity contribution >= 4 is 11.6 Å². The first-order valence-electron chi connectivity index (χ1n) is 7.27. The maximum atomic E-state index is 6.14. The van der Waals surface area contributed by atoms with Crippen LogP contribution in [0.15, 0.2) is 12.2 Å². The minimum atomic E-state index is 0.350. The Morgan fingerprint density at radius 1 is 1.06 bits per heavy atom. The minimum absolute atomic E-state index is 0.350. The highest BCUT2D eigenvalue weighted by atomic mass is 35.5. The van der Waals surface area contributed by atoms with E-state index in [9.17, 15) is 0 Å². The van der Waals surface area contributed by atoms with E-state index in [0.717, 1.165) is 25.4 Å². The van der Waals surface area contributed by atoms with Crippen molar-refractivity contribution in [2.24, 2.45) is 5.92 Å². The molecule has 2 fully saturated rings. The fourth-order valence-electron chi connectivity index (χ4n) is 2.98. The summed E-state index contributed by atoms with van der Waals surface area (Å²) >= 11 is 6.14. The summed E-state index contributed by atoms with van der Waals surface area (Å²) in [6.45, 7) is 0.873. The second-order valence-electron chi connectivity index (χ2n) is 5.52. The summed E-state index contributed by atoms with van der Waals surface area (Å²) in [6, 6.07) is 0. The van der Waals surface area contributed by atoms with Gasteiger partial charge in [-0.3, -0.25) is 0 Å². The van der Waals surface area contributed by atoms with Crippen molar-refractivity contribution in [2.45, 2.75) is 69.3 Å². The molecular formula is C15H25ClO. The van der Waals surface area contributed by atoms with Crippen molar-refractivity contribution in [3.05, 3.63) is 12.2 Å². The van der Waals surface area contributed by atoms with Gasteiger partial charge in [0.2, 0.25) is 0 Å². The first-order valence-corrected chi connectivity index (χ1v) is 7.70. The molecule has 0 amide bonds. The van der Waals surface area contributed by atoms with Gasteiger partial charge in [0.05, 0.1) is 12.7 Å². The molecule has 17 heavy (non-hydrogen) atoms. The summed E-state index contributed by atoms with van der Waals surface area (Å²) in [6.07, 6.45) is 16.5.